The maximum atomic E-state index is 11.9. The Labute approximate surface area is 96.4 Å². The fourth-order valence-electron chi connectivity index (χ4n) is 1.16. The molecule has 2 amide bonds. The van der Waals surface area contributed by atoms with Crippen molar-refractivity contribution < 1.29 is 27.9 Å². The van der Waals surface area contributed by atoms with Crippen LogP contribution in [0.15, 0.2) is 0 Å². The predicted molar refractivity (Wildman–Crippen MR) is 53.5 cm³/mol. The van der Waals surface area contributed by atoms with Gasteiger partial charge in [0, 0.05) is 6.04 Å². The lowest BCUT2D eigenvalue weighted by Crippen LogP contribution is -2.48. The van der Waals surface area contributed by atoms with E-state index < -0.39 is 36.7 Å². The maximum Gasteiger partial charge on any atom is 0.391 e. The summed E-state index contributed by atoms with van der Waals surface area (Å²) in [7, 11) is 0. The minimum Gasteiger partial charge on any atom is -0.480 e. The topological polar surface area (TPSA) is 78.4 Å². The third-order valence-electron chi connectivity index (χ3n) is 1.93. The van der Waals surface area contributed by atoms with Crippen LogP contribution in [0.2, 0.25) is 0 Å². The van der Waals surface area contributed by atoms with Crippen molar-refractivity contribution in [2.75, 3.05) is 0 Å². The van der Waals surface area contributed by atoms with Crippen LogP contribution in [-0.2, 0) is 4.79 Å². The molecule has 3 N–H and O–H groups in total. The Balaban J connectivity index is 4.13. The molecule has 2 atom stereocenters. The highest BCUT2D eigenvalue weighted by Crippen LogP contribution is 2.21. The molecule has 0 aromatic rings. The van der Waals surface area contributed by atoms with E-state index in [1.165, 1.54) is 13.8 Å². The summed E-state index contributed by atoms with van der Waals surface area (Å²) in [5.74, 6) is -1.23. The molecule has 0 rings (SSSR count). The van der Waals surface area contributed by atoms with Gasteiger partial charge in [0.2, 0.25) is 0 Å². The van der Waals surface area contributed by atoms with Crippen molar-refractivity contribution >= 4 is 12.0 Å². The van der Waals surface area contributed by atoms with Gasteiger partial charge in [-0.2, -0.15) is 13.2 Å². The number of carboxylic acids is 1. The van der Waals surface area contributed by atoms with E-state index in [0.29, 0.717) is 0 Å². The van der Waals surface area contributed by atoms with Gasteiger partial charge >= 0.3 is 18.2 Å². The first-order valence-corrected chi connectivity index (χ1v) is 5.02. The molecule has 0 aromatic carbocycles. The van der Waals surface area contributed by atoms with Crippen molar-refractivity contribution in [3.63, 3.8) is 0 Å². The standard InChI is InChI=1S/C9H15F3N2O3/c1-3-6(7(15)16)14-8(17)13-5(2)4-9(10,11)12/h5-6H,3-4H2,1-2H3,(H,15,16)(H2,13,14,17)/t5?,6-/m1/s1. The molecule has 0 heterocycles. The van der Waals surface area contributed by atoms with Crippen LogP contribution in [0.5, 0.6) is 0 Å². The zero-order chi connectivity index (χ0) is 13.6. The molecule has 0 saturated heterocycles. The van der Waals surface area contributed by atoms with E-state index in [4.69, 9.17) is 5.11 Å². The van der Waals surface area contributed by atoms with Gasteiger partial charge < -0.3 is 15.7 Å². The SMILES string of the molecule is CC[C@@H](NC(=O)NC(C)CC(F)(F)F)C(=O)O. The number of carbonyl (C=O) groups excluding carboxylic acids is 1. The van der Waals surface area contributed by atoms with Gasteiger partial charge in [-0.1, -0.05) is 6.92 Å². The molecular formula is C9H15F3N2O3. The number of carboxylic acid groups (broad SMARTS) is 1. The van der Waals surface area contributed by atoms with Crippen LogP contribution in [0, 0.1) is 0 Å². The van der Waals surface area contributed by atoms with Gasteiger partial charge in [0.25, 0.3) is 0 Å². The molecule has 0 radical (unpaired) electrons. The number of carbonyl (C=O) groups is 2. The number of nitrogens with one attached hydrogen (secondary N) is 2. The first-order chi connectivity index (χ1) is 7.65. The van der Waals surface area contributed by atoms with Gasteiger partial charge in [0.05, 0.1) is 6.42 Å². The molecule has 0 aromatic heterocycles. The fourth-order valence-corrected chi connectivity index (χ4v) is 1.16. The van der Waals surface area contributed by atoms with Crippen LogP contribution < -0.4 is 10.6 Å². The summed E-state index contributed by atoms with van der Waals surface area (Å²) in [6.07, 6.45) is -5.38. The molecule has 8 heteroatoms. The summed E-state index contributed by atoms with van der Waals surface area (Å²) in [4.78, 5) is 21.7. The molecule has 17 heavy (non-hydrogen) atoms. The average Bonchev–Trinajstić information content (AvgIpc) is 2.09. The Morgan fingerprint density at radius 3 is 2.18 bits per heavy atom. The summed E-state index contributed by atoms with van der Waals surface area (Å²) in [6.45, 7) is 2.73. The van der Waals surface area contributed by atoms with Crippen LogP contribution in [0.4, 0.5) is 18.0 Å². The number of urea groups is 1. The van der Waals surface area contributed by atoms with Gasteiger partial charge in [0.15, 0.2) is 0 Å². The Morgan fingerprint density at radius 1 is 1.29 bits per heavy atom. The molecule has 1 unspecified atom stereocenters. The lowest BCUT2D eigenvalue weighted by Gasteiger charge is -2.18. The van der Waals surface area contributed by atoms with Crippen LogP contribution in [0.3, 0.4) is 0 Å². The molecule has 5 nitrogen and oxygen atoms in total. The minimum absolute atomic E-state index is 0.149. The first kappa shape index (κ1) is 15.5. The zero-order valence-corrected chi connectivity index (χ0v) is 9.47. The summed E-state index contributed by atoms with van der Waals surface area (Å²) >= 11 is 0. The molecule has 0 saturated carbocycles. The molecule has 0 aliphatic carbocycles. The molecule has 0 aliphatic heterocycles. The predicted octanol–water partition coefficient (Wildman–Crippen LogP) is 1.49. The van der Waals surface area contributed by atoms with E-state index in [1.54, 1.807) is 0 Å². The molecule has 0 aliphatic rings. The second-order valence-corrected chi connectivity index (χ2v) is 3.64. The lowest BCUT2D eigenvalue weighted by atomic mass is 10.2. The highest BCUT2D eigenvalue weighted by atomic mass is 19.4. The highest BCUT2D eigenvalue weighted by Gasteiger charge is 2.30. The zero-order valence-electron chi connectivity index (χ0n) is 9.47. The Hall–Kier alpha value is -1.47. The number of alkyl halides is 3. The molecule has 0 fully saturated rings. The van der Waals surface area contributed by atoms with Gasteiger partial charge in [0.1, 0.15) is 6.04 Å². The highest BCUT2D eigenvalue weighted by molar-refractivity contribution is 5.82. The lowest BCUT2D eigenvalue weighted by molar-refractivity contribution is -0.140. The normalized spacial score (nSPS) is 14.9. The third kappa shape index (κ3) is 7.42. The Bertz CT molecular complexity index is 281. The van der Waals surface area contributed by atoms with Crippen LogP contribution >= 0.6 is 0 Å². The van der Waals surface area contributed by atoms with E-state index in [9.17, 15) is 22.8 Å². The van der Waals surface area contributed by atoms with Gasteiger partial charge in [-0.05, 0) is 13.3 Å². The van der Waals surface area contributed by atoms with Crippen molar-refractivity contribution in [2.24, 2.45) is 0 Å². The van der Waals surface area contributed by atoms with Crippen molar-refractivity contribution in [1.29, 1.82) is 0 Å². The molecule has 0 bridgehead atoms. The van der Waals surface area contributed by atoms with E-state index in [-0.39, 0.29) is 6.42 Å². The second kappa shape index (κ2) is 6.31. The van der Waals surface area contributed by atoms with Crippen molar-refractivity contribution in [2.45, 2.75) is 44.9 Å². The Morgan fingerprint density at radius 2 is 1.82 bits per heavy atom. The average molecular weight is 256 g/mol. The number of amides is 2. The van der Waals surface area contributed by atoms with E-state index >= 15 is 0 Å². The summed E-state index contributed by atoms with van der Waals surface area (Å²) in [5.41, 5.74) is 0. The first-order valence-electron chi connectivity index (χ1n) is 5.02. The number of rotatable bonds is 5. The minimum atomic E-state index is -4.37. The van der Waals surface area contributed by atoms with Crippen LogP contribution in [-0.4, -0.2) is 35.4 Å². The molecule has 100 valence electrons. The van der Waals surface area contributed by atoms with E-state index in [1.807, 2.05) is 5.32 Å². The second-order valence-electron chi connectivity index (χ2n) is 3.64. The smallest absolute Gasteiger partial charge is 0.391 e. The quantitative estimate of drug-likeness (QED) is 0.697. The number of hydrogen-bond donors (Lipinski definition) is 3. The van der Waals surface area contributed by atoms with Crippen molar-refractivity contribution in [3.05, 3.63) is 0 Å². The molecule has 0 spiro atoms. The van der Waals surface area contributed by atoms with Crippen molar-refractivity contribution in [1.82, 2.24) is 10.6 Å². The van der Waals surface area contributed by atoms with Crippen LogP contribution in [0.1, 0.15) is 26.7 Å². The molecular weight excluding hydrogens is 241 g/mol. The fraction of sp³-hybridized carbons (Fsp3) is 0.778. The summed E-state index contributed by atoms with van der Waals surface area (Å²) in [6, 6.07) is -3.13. The van der Waals surface area contributed by atoms with Crippen LogP contribution in [0.25, 0.3) is 0 Å². The maximum absolute atomic E-state index is 11.9. The number of aliphatic carboxylic acids is 1. The van der Waals surface area contributed by atoms with E-state index in [2.05, 4.69) is 5.32 Å². The number of hydrogen-bond acceptors (Lipinski definition) is 2. The number of halogens is 3. The van der Waals surface area contributed by atoms with Gasteiger partial charge in [-0.25, -0.2) is 9.59 Å². The van der Waals surface area contributed by atoms with Crippen molar-refractivity contribution in [3.8, 4) is 0 Å². The summed E-state index contributed by atoms with van der Waals surface area (Å²) < 4.78 is 35.8. The van der Waals surface area contributed by atoms with Gasteiger partial charge in [-0.3, -0.25) is 0 Å². The largest absolute Gasteiger partial charge is 0.480 e. The summed E-state index contributed by atoms with van der Waals surface area (Å²) in [5, 5.41) is 12.7. The third-order valence-corrected chi connectivity index (χ3v) is 1.93. The monoisotopic (exact) mass is 256 g/mol. The van der Waals surface area contributed by atoms with E-state index in [0.717, 1.165) is 0 Å². The van der Waals surface area contributed by atoms with Gasteiger partial charge in [-0.15, -0.1) is 0 Å². The Kier molecular flexibility index (Phi) is 5.77.